The Bertz CT molecular complexity index is 933. The van der Waals surface area contributed by atoms with Crippen molar-refractivity contribution >= 4 is 5.91 Å². The fourth-order valence-electron chi connectivity index (χ4n) is 4.11. The zero-order chi connectivity index (χ0) is 20.2. The van der Waals surface area contributed by atoms with E-state index in [4.69, 9.17) is 9.15 Å². The molecule has 2 unspecified atom stereocenters. The molecule has 1 amide bonds. The summed E-state index contributed by atoms with van der Waals surface area (Å²) < 4.78 is 10.6. The van der Waals surface area contributed by atoms with E-state index in [1.54, 1.807) is 25.5 Å². The van der Waals surface area contributed by atoms with Crippen molar-refractivity contribution in [2.24, 2.45) is 5.92 Å². The van der Waals surface area contributed by atoms with E-state index >= 15 is 0 Å². The van der Waals surface area contributed by atoms with Crippen LogP contribution in [0.15, 0.2) is 53.1 Å². The van der Waals surface area contributed by atoms with Gasteiger partial charge in [0.1, 0.15) is 11.4 Å². The number of nitrogens with one attached hydrogen (secondary N) is 2. The van der Waals surface area contributed by atoms with E-state index in [1.165, 1.54) is 5.56 Å². The maximum absolute atomic E-state index is 12.6. The molecule has 1 fully saturated rings. The predicted molar refractivity (Wildman–Crippen MR) is 110 cm³/mol. The SMILES string of the molecule is COc1ccc(C2C(CNC(=O)c3cc(-c4ccco4)[nH]n3)CCCN2C)cc1. The zero-order valence-corrected chi connectivity index (χ0v) is 16.7. The Kier molecular flexibility index (Phi) is 5.67. The Balaban J connectivity index is 1.43. The van der Waals surface area contributed by atoms with Gasteiger partial charge in [0.2, 0.25) is 0 Å². The lowest BCUT2D eigenvalue weighted by Crippen LogP contribution is -2.41. The Morgan fingerprint density at radius 1 is 1.34 bits per heavy atom. The molecule has 4 rings (SSSR count). The quantitative estimate of drug-likeness (QED) is 0.669. The molecule has 152 valence electrons. The van der Waals surface area contributed by atoms with E-state index in [1.807, 2.05) is 18.2 Å². The van der Waals surface area contributed by atoms with E-state index < -0.39 is 0 Å². The van der Waals surface area contributed by atoms with Gasteiger partial charge in [-0.25, -0.2) is 0 Å². The topological polar surface area (TPSA) is 83.4 Å². The molecule has 29 heavy (non-hydrogen) atoms. The highest BCUT2D eigenvalue weighted by atomic mass is 16.5. The molecular formula is C22H26N4O3. The molecule has 3 aromatic rings. The van der Waals surface area contributed by atoms with Crippen LogP contribution in [-0.4, -0.2) is 48.3 Å². The summed E-state index contributed by atoms with van der Waals surface area (Å²) in [5.74, 6) is 1.66. The normalized spacial score (nSPS) is 19.8. The first-order valence-corrected chi connectivity index (χ1v) is 9.87. The van der Waals surface area contributed by atoms with Crippen LogP contribution >= 0.6 is 0 Å². The van der Waals surface area contributed by atoms with E-state index in [0.29, 0.717) is 29.6 Å². The third-order valence-corrected chi connectivity index (χ3v) is 5.59. The van der Waals surface area contributed by atoms with Crippen LogP contribution in [0.25, 0.3) is 11.5 Å². The standard InChI is InChI=1S/C22H26N4O3/c1-26-11-3-5-16(21(26)15-7-9-17(28-2)10-8-15)14-23-22(27)19-13-18(24-25-19)20-6-4-12-29-20/h4,6-10,12-13,16,21H,3,5,11,14H2,1-2H3,(H,23,27)(H,24,25). The number of ether oxygens (including phenoxy) is 1. The summed E-state index contributed by atoms with van der Waals surface area (Å²) in [6.45, 7) is 1.65. The van der Waals surface area contributed by atoms with Gasteiger partial charge in [-0.3, -0.25) is 14.8 Å². The molecule has 1 aliphatic heterocycles. The Labute approximate surface area is 170 Å². The molecule has 1 aromatic carbocycles. The minimum atomic E-state index is -0.180. The molecule has 7 nitrogen and oxygen atoms in total. The van der Waals surface area contributed by atoms with Gasteiger partial charge in [0.25, 0.3) is 5.91 Å². The summed E-state index contributed by atoms with van der Waals surface area (Å²) in [5, 5.41) is 10.0. The molecule has 2 aromatic heterocycles. The number of nitrogens with zero attached hydrogens (tertiary/aromatic N) is 2. The van der Waals surface area contributed by atoms with Gasteiger partial charge in [0.15, 0.2) is 11.5 Å². The summed E-state index contributed by atoms with van der Waals surface area (Å²) in [6.07, 6.45) is 3.78. The number of hydrogen-bond acceptors (Lipinski definition) is 5. The second-order valence-electron chi connectivity index (χ2n) is 7.46. The number of likely N-dealkylation sites (tertiary alicyclic amines) is 1. The van der Waals surface area contributed by atoms with Crippen LogP contribution in [0, 0.1) is 5.92 Å². The summed E-state index contributed by atoms with van der Waals surface area (Å²) in [5.41, 5.74) is 2.29. The Hall–Kier alpha value is -3.06. The number of H-pyrrole nitrogens is 1. The third kappa shape index (κ3) is 4.19. The van der Waals surface area contributed by atoms with E-state index in [2.05, 4.69) is 39.6 Å². The highest BCUT2D eigenvalue weighted by molar-refractivity contribution is 5.93. The molecule has 1 saturated heterocycles. The van der Waals surface area contributed by atoms with Gasteiger partial charge in [-0.05, 0) is 62.2 Å². The number of benzene rings is 1. The van der Waals surface area contributed by atoms with Crippen molar-refractivity contribution in [2.45, 2.75) is 18.9 Å². The van der Waals surface area contributed by atoms with Crippen LogP contribution in [0.5, 0.6) is 5.75 Å². The van der Waals surface area contributed by atoms with Crippen LogP contribution in [0.1, 0.15) is 34.9 Å². The van der Waals surface area contributed by atoms with Crippen molar-refractivity contribution in [2.75, 3.05) is 27.2 Å². The fourth-order valence-corrected chi connectivity index (χ4v) is 4.11. The number of furan rings is 1. The first kappa shape index (κ1) is 19.3. The van der Waals surface area contributed by atoms with Crippen LogP contribution in [0.3, 0.4) is 0 Å². The lowest BCUT2D eigenvalue weighted by molar-refractivity contribution is 0.0887. The van der Waals surface area contributed by atoms with Gasteiger partial charge in [0.05, 0.1) is 13.4 Å². The molecular weight excluding hydrogens is 368 g/mol. The van der Waals surface area contributed by atoms with Crippen molar-refractivity contribution in [3.63, 3.8) is 0 Å². The van der Waals surface area contributed by atoms with Crippen molar-refractivity contribution in [3.05, 3.63) is 60.0 Å². The number of rotatable bonds is 6. The van der Waals surface area contributed by atoms with Crippen molar-refractivity contribution in [3.8, 4) is 17.2 Å². The number of carbonyl (C=O) groups is 1. The number of amides is 1. The number of hydrogen-bond donors (Lipinski definition) is 2. The average molecular weight is 394 g/mol. The first-order chi connectivity index (χ1) is 14.2. The largest absolute Gasteiger partial charge is 0.497 e. The Morgan fingerprint density at radius 2 is 2.17 bits per heavy atom. The average Bonchev–Trinajstić information content (AvgIpc) is 3.44. The lowest BCUT2D eigenvalue weighted by atomic mass is 9.85. The summed E-state index contributed by atoms with van der Waals surface area (Å²) in [4.78, 5) is 15.0. The lowest BCUT2D eigenvalue weighted by Gasteiger charge is -2.39. The summed E-state index contributed by atoms with van der Waals surface area (Å²) in [6, 6.07) is 13.8. The molecule has 7 heteroatoms. The fraction of sp³-hybridized carbons (Fsp3) is 0.364. The van der Waals surface area contributed by atoms with E-state index in [9.17, 15) is 4.79 Å². The minimum absolute atomic E-state index is 0.180. The monoisotopic (exact) mass is 394 g/mol. The van der Waals surface area contributed by atoms with E-state index in [-0.39, 0.29) is 11.9 Å². The molecule has 0 aliphatic carbocycles. The zero-order valence-electron chi connectivity index (χ0n) is 16.7. The van der Waals surface area contributed by atoms with Crippen LogP contribution in [-0.2, 0) is 0 Å². The molecule has 0 spiro atoms. The number of methoxy groups -OCH3 is 1. The van der Waals surface area contributed by atoms with Gasteiger partial charge in [0, 0.05) is 18.7 Å². The smallest absolute Gasteiger partial charge is 0.271 e. The minimum Gasteiger partial charge on any atom is -0.497 e. The first-order valence-electron chi connectivity index (χ1n) is 9.87. The number of piperidine rings is 1. The molecule has 1 aliphatic rings. The van der Waals surface area contributed by atoms with Crippen LogP contribution in [0.4, 0.5) is 0 Å². The van der Waals surface area contributed by atoms with Gasteiger partial charge < -0.3 is 14.5 Å². The van der Waals surface area contributed by atoms with E-state index in [0.717, 1.165) is 25.1 Å². The third-order valence-electron chi connectivity index (χ3n) is 5.59. The van der Waals surface area contributed by atoms with Gasteiger partial charge in [-0.1, -0.05) is 12.1 Å². The van der Waals surface area contributed by atoms with Crippen molar-refractivity contribution in [1.82, 2.24) is 20.4 Å². The molecule has 0 saturated carbocycles. The van der Waals surface area contributed by atoms with Gasteiger partial charge >= 0.3 is 0 Å². The molecule has 3 heterocycles. The molecule has 0 radical (unpaired) electrons. The molecule has 0 bridgehead atoms. The highest BCUT2D eigenvalue weighted by Crippen LogP contribution is 2.35. The Morgan fingerprint density at radius 3 is 2.90 bits per heavy atom. The summed E-state index contributed by atoms with van der Waals surface area (Å²) in [7, 11) is 3.82. The van der Waals surface area contributed by atoms with Gasteiger partial charge in [-0.2, -0.15) is 5.10 Å². The summed E-state index contributed by atoms with van der Waals surface area (Å²) >= 11 is 0. The molecule has 2 N–H and O–H groups in total. The molecule has 2 atom stereocenters. The van der Waals surface area contributed by atoms with Crippen molar-refractivity contribution in [1.29, 1.82) is 0 Å². The highest BCUT2D eigenvalue weighted by Gasteiger charge is 2.31. The number of aromatic nitrogens is 2. The predicted octanol–water partition coefficient (Wildman–Crippen LogP) is 3.49. The number of carbonyl (C=O) groups excluding carboxylic acids is 1. The number of aromatic amines is 1. The maximum atomic E-state index is 12.6. The van der Waals surface area contributed by atoms with Crippen LogP contribution in [0.2, 0.25) is 0 Å². The second kappa shape index (κ2) is 8.53. The van der Waals surface area contributed by atoms with Crippen LogP contribution < -0.4 is 10.1 Å². The van der Waals surface area contributed by atoms with Crippen molar-refractivity contribution < 1.29 is 13.9 Å². The van der Waals surface area contributed by atoms with Gasteiger partial charge in [-0.15, -0.1) is 0 Å². The second-order valence-corrected chi connectivity index (χ2v) is 7.46. The maximum Gasteiger partial charge on any atom is 0.271 e.